The summed E-state index contributed by atoms with van der Waals surface area (Å²) in [5, 5.41) is 0. The summed E-state index contributed by atoms with van der Waals surface area (Å²) in [5.74, 6) is -0.550. The van der Waals surface area contributed by atoms with E-state index in [-0.39, 0.29) is 23.7 Å². The van der Waals surface area contributed by atoms with E-state index in [1.807, 2.05) is 6.92 Å². The average Bonchev–Trinajstić information content (AvgIpc) is 2.45. The summed E-state index contributed by atoms with van der Waals surface area (Å²) in [6.45, 7) is 3.01. The number of methoxy groups -OCH3 is 1. The van der Waals surface area contributed by atoms with E-state index in [9.17, 15) is 9.18 Å². The number of nitrogens with two attached hydrogens (primary N) is 1. The van der Waals surface area contributed by atoms with Crippen LogP contribution in [-0.2, 0) is 4.74 Å². The van der Waals surface area contributed by atoms with Gasteiger partial charge in [-0.2, -0.15) is 0 Å². The van der Waals surface area contributed by atoms with E-state index in [1.165, 1.54) is 19.2 Å². The zero-order chi connectivity index (χ0) is 14.7. The number of carbonyl (C=O) groups is 1. The van der Waals surface area contributed by atoms with Crippen LogP contribution in [0.5, 0.6) is 5.75 Å². The van der Waals surface area contributed by atoms with E-state index in [1.54, 1.807) is 11.0 Å². The lowest BCUT2D eigenvalue weighted by Crippen LogP contribution is -2.51. The molecule has 2 rings (SSSR count). The third-order valence-electron chi connectivity index (χ3n) is 3.28. The van der Waals surface area contributed by atoms with E-state index in [0.29, 0.717) is 25.4 Å². The molecule has 1 heterocycles. The molecule has 0 aliphatic carbocycles. The smallest absolute Gasteiger partial charge is 0.257 e. The van der Waals surface area contributed by atoms with Gasteiger partial charge < -0.3 is 20.1 Å². The number of morpholine rings is 1. The molecule has 2 unspecified atom stereocenters. The van der Waals surface area contributed by atoms with Crippen LogP contribution in [0.1, 0.15) is 17.3 Å². The van der Waals surface area contributed by atoms with Gasteiger partial charge in [0, 0.05) is 25.7 Å². The van der Waals surface area contributed by atoms with Gasteiger partial charge in [-0.05, 0) is 19.1 Å². The number of hydrogen-bond donors (Lipinski definition) is 1. The van der Waals surface area contributed by atoms with Crippen molar-refractivity contribution in [2.45, 2.75) is 19.1 Å². The largest absolute Gasteiger partial charge is 0.497 e. The van der Waals surface area contributed by atoms with Crippen molar-refractivity contribution < 1.29 is 18.7 Å². The molecule has 2 N–H and O–H groups in total. The lowest BCUT2D eigenvalue weighted by atomic mass is 10.1. The summed E-state index contributed by atoms with van der Waals surface area (Å²) in [7, 11) is 1.45. The topological polar surface area (TPSA) is 64.8 Å². The fourth-order valence-corrected chi connectivity index (χ4v) is 2.31. The second-order valence-electron chi connectivity index (χ2n) is 4.86. The Hall–Kier alpha value is -1.66. The van der Waals surface area contributed by atoms with Crippen LogP contribution in [0.25, 0.3) is 0 Å². The van der Waals surface area contributed by atoms with Crippen molar-refractivity contribution in [3.63, 3.8) is 0 Å². The van der Waals surface area contributed by atoms with E-state index in [0.717, 1.165) is 0 Å². The van der Waals surface area contributed by atoms with Gasteiger partial charge in [-0.25, -0.2) is 4.39 Å². The maximum absolute atomic E-state index is 13.9. The highest BCUT2D eigenvalue weighted by Gasteiger charge is 2.29. The van der Waals surface area contributed by atoms with Gasteiger partial charge in [-0.15, -0.1) is 0 Å². The second-order valence-corrected chi connectivity index (χ2v) is 4.86. The molecule has 2 atom stereocenters. The molecule has 0 saturated carbocycles. The van der Waals surface area contributed by atoms with Crippen molar-refractivity contribution in [2.24, 2.45) is 5.73 Å². The highest BCUT2D eigenvalue weighted by Crippen LogP contribution is 2.20. The van der Waals surface area contributed by atoms with Crippen LogP contribution < -0.4 is 10.5 Å². The minimum atomic E-state index is -0.585. The summed E-state index contributed by atoms with van der Waals surface area (Å²) >= 11 is 0. The van der Waals surface area contributed by atoms with Gasteiger partial charge in [-0.1, -0.05) is 0 Å². The van der Waals surface area contributed by atoms with Gasteiger partial charge >= 0.3 is 0 Å². The molecular weight excluding hydrogens is 263 g/mol. The SMILES string of the molecule is COc1ccc(C(=O)N2CC(C)OC(CN)C2)c(F)c1. The molecule has 1 saturated heterocycles. The van der Waals surface area contributed by atoms with E-state index in [2.05, 4.69) is 0 Å². The first-order valence-corrected chi connectivity index (χ1v) is 6.53. The van der Waals surface area contributed by atoms with E-state index >= 15 is 0 Å². The Kier molecular flexibility index (Phi) is 4.57. The normalized spacial score (nSPS) is 22.7. The van der Waals surface area contributed by atoms with Crippen molar-refractivity contribution in [3.8, 4) is 5.75 Å². The van der Waals surface area contributed by atoms with Gasteiger partial charge in [0.15, 0.2) is 0 Å². The maximum atomic E-state index is 13.9. The Morgan fingerprint density at radius 3 is 2.90 bits per heavy atom. The number of halogens is 1. The summed E-state index contributed by atoms with van der Waals surface area (Å²) in [4.78, 5) is 14.0. The molecule has 20 heavy (non-hydrogen) atoms. The zero-order valence-corrected chi connectivity index (χ0v) is 11.6. The minimum Gasteiger partial charge on any atom is -0.497 e. The van der Waals surface area contributed by atoms with Crippen molar-refractivity contribution in [1.82, 2.24) is 4.90 Å². The number of carbonyl (C=O) groups excluding carboxylic acids is 1. The lowest BCUT2D eigenvalue weighted by molar-refractivity contribution is -0.0626. The lowest BCUT2D eigenvalue weighted by Gasteiger charge is -2.36. The van der Waals surface area contributed by atoms with Gasteiger partial charge in [0.05, 0.1) is 24.9 Å². The van der Waals surface area contributed by atoms with Crippen LogP contribution >= 0.6 is 0 Å². The Morgan fingerprint density at radius 2 is 2.30 bits per heavy atom. The number of nitrogens with zero attached hydrogens (tertiary/aromatic N) is 1. The van der Waals surface area contributed by atoms with Gasteiger partial charge in [0.2, 0.25) is 0 Å². The summed E-state index contributed by atoms with van der Waals surface area (Å²) < 4.78 is 24.4. The van der Waals surface area contributed by atoms with E-state index < -0.39 is 5.82 Å². The third-order valence-corrected chi connectivity index (χ3v) is 3.28. The van der Waals surface area contributed by atoms with Crippen molar-refractivity contribution >= 4 is 5.91 Å². The van der Waals surface area contributed by atoms with Gasteiger partial charge in [0.25, 0.3) is 5.91 Å². The van der Waals surface area contributed by atoms with Crippen molar-refractivity contribution in [2.75, 3.05) is 26.7 Å². The fourth-order valence-electron chi connectivity index (χ4n) is 2.31. The number of hydrogen-bond acceptors (Lipinski definition) is 4. The first-order valence-electron chi connectivity index (χ1n) is 6.53. The minimum absolute atomic E-state index is 0.0377. The van der Waals surface area contributed by atoms with Crippen LogP contribution in [0.3, 0.4) is 0 Å². The predicted molar refractivity (Wildman–Crippen MR) is 72.2 cm³/mol. The number of rotatable bonds is 3. The number of ether oxygens (including phenoxy) is 2. The molecule has 1 aromatic carbocycles. The first-order chi connectivity index (χ1) is 9.55. The summed E-state index contributed by atoms with van der Waals surface area (Å²) in [6.07, 6.45) is -0.313. The molecule has 1 aliphatic rings. The first kappa shape index (κ1) is 14.7. The fraction of sp³-hybridized carbons (Fsp3) is 0.500. The molecule has 1 amide bonds. The van der Waals surface area contributed by atoms with Crippen LogP contribution in [0, 0.1) is 5.82 Å². The molecular formula is C14H19FN2O3. The molecule has 1 aromatic rings. The maximum Gasteiger partial charge on any atom is 0.257 e. The second kappa shape index (κ2) is 6.19. The third kappa shape index (κ3) is 3.08. The molecule has 1 fully saturated rings. The van der Waals surface area contributed by atoms with Crippen LogP contribution in [0.15, 0.2) is 18.2 Å². The van der Waals surface area contributed by atoms with Gasteiger partial charge in [-0.3, -0.25) is 4.79 Å². The monoisotopic (exact) mass is 282 g/mol. The van der Waals surface area contributed by atoms with E-state index in [4.69, 9.17) is 15.2 Å². The Balaban J connectivity index is 2.18. The number of amides is 1. The molecule has 6 heteroatoms. The summed E-state index contributed by atoms with van der Waals surface area (Å²) in [5.41, 5.74) is 5.62. The van der Waals surface area contributed by atoms with Crippen LogP contribution in [-0.4, -0.2) is 49.8 Å². The summed E-state index contributed by atoms with van der Waals surface area (Å²) in [6, 6.07) is 4.21. The van der Waals surface area contributed by atoms with Crippen molar-refractivity contribution in [1.29, 1.82) is 0 Å². The van der Waals surface area contributed by atoms with Crippen LogP contribution in [0.2, 0.25) is 0 Å². The van der Waals surface area contributed by atoms with Crippen molar-refractivity contribution in [3.05, 3.63) is 29.6 Å². The highest BCUT2D eigenvalue weighted by molar-refractivity contribution is 5.94. The average molecular weight is 282 g/mol. The zero-order valence-electron chi connectivity index (χ0n) is 11.6. The standard InChI is InChI=1S/C14H19FN2O3/c1-9-7-17(8-11(6-16)20-9)14(18)12-4-3-10(19-2)5-13(12)15/h3-5,9,11H,6-8,16H2,1-2H3. The Labute approximate surface area is 117 Å². The molecule has 0 bridgehead atoms. The predicted octanol–water partition coefficient (Wildman–Crippen LogP) is 1.02. The molecule has 5 nitrogen and oxygen atoms in total. The molecule has 0 spiro atoms. The Bertz CT molecular complexity index is 495. The molecule has 0 aromatic heterocycles. The Morgan fingerprint density at radius 1 is 1.55 bits per heavy atom. The van der Waals surface area contributed by atoms with Crippen LogP contribution in [0.4, 0.5) is 4.39 Å². The molecule has 110 valence electrons. The highest BCUT2D eigenvalue weighted by atomic mass is 19.1. The molecule has 1 aliphatic heterocycles. The number of benzene rings is 1. The quantitative estimate of drug-likeness (QED) is 0.899. The molecule has 0 radical (unpaired) electrons. The van der Waals surface area contributed by atoms with Gasteiger partial charge in [0.1, 0.15) is 11.6 Å².